The highest BCUT2D eigenvalue weighted by Crippen LogP contribution is 2.24. The lowest BCUT2D eigenvalue weighted by atomic mass is 10.0. The number of fused-ring (bicyclic) bond motifs is 1. The molecule has 2 heterocycles. The summed E-state index contributed by atoms with van der Waals surface area (Å²) in [5.41, 5.74) is 3.91. The van der Waals surface area contributed by atoms with Crippen LogP contribution in [0.4, 0.5) is 0 Å². The number of sulfone groups is 1. The van der Waals surface area contributed by atoms with E-state index in [4.69, 9.17) is 4.42 Å². The molecule has 166 valence electrons. The molecule has 0 spiro atoms. The van der Waals surface area contributed by atoms with E-state index in [9.17, 15) is 23.3 Å². The monoisotopic (exact) mass is 454 g/mol. The van der Waals surface area contributed by atoms with Gasteiger partial charge in [-0.3, -0.25) is 9.36 Å². The third kappa shape index (κ3) is 4.59. The van der Waals surface area contributed by atoms with Crippen molar-refractivity contribution in [3.8, 4) is 17.2 Å². The molecule has 9 nitrogen and oxygen atoms in total. The first kappa shape index (κ1) is 21.8. The van der Waals surface area contributed by atoms with Gasteiger partial charge in [0, 0.05) is 20.0 Å². The van der Waals surface area contributed by atoms with Crippen LogP contribution < -0.4 is 16.4 Å². The normalized spacial score (nSPS) is 18.7. The molecule has 2 N–H and O–H groups in total. The Morgan fingerprint density at radius 1 is 1.28 bits per heavy atom. The summed E-state index contributed by atoms with van der Waals surface area (Å²) >= 11 is 0. The average molecular weight is 455 g/mol. The standard InChI is InChI=1S/C22H22N4O5S/c1-26-19-11-16(6-7-20(19)31-22(26)28)15-4-2-14(3-5-15)10-17(12-23)25-21(27)18-13-32(29,30)9-8-24-18/h2-7,11,17-18,24H,8-10,13H2,1H3,(H,25,27)/t17-,18?/m0/s1. The predicted octanol–water partition coefficient (Wildman–Crippen LogP) is 0.736. The molecule has 1 aliphatic heterocycles. The van der Waals surface area contributed by atoms with E-state index in [0.29, 0.717) is 11.1 Å². The minimum atomic E-state index is -3.26. The quantitative estimate of drug-likeness (QED) is 0.581. The van der Waals surface area contributed by atoms with Crippen LogP contribution in [0.15, 0.2) is 51.7 Å². The van der Waals surface area contributed by atoms with E-state index in [0.717, 1.165) is 16.7 Å². The minimum absolute atomic E-state index is 0.00858. The maximum atomic E-state index is 12.4. The fourth-order valence-corrected chi connectivity index (χ4v) is 5.10. The lowest BCUT2D eigenvalue weighted by molar-refractivity contribution is -0.123. The van der Waals surface area contributed by atoms with Crippen molar-refractivity contribution in [1.29, 1.82) is 5.26 Å². The fourth-order valence-electron chi connectivity index (χ4n) is 3.73. The number of oxazole rings is 1. The topological polar surface area (TPSA) is 134 Å². The molecular weight excluding hydrogens is 432 g/mol. The molecule has 1 unspecified atom stereocenters. The molecule has 1 saturated heterocycles. The second kappa shape index (κ2) is 8.61. The van der Waals surface area contributed by atoms with Crippen LogP contribution in [-0.4, -0.2) is 49.0 Å². The lowest BCUT2D eigenvalue weighted by Crippen LogP contribution is -2.55. The zero-order valence-electron chi connectivity index (χ0n) is 17.4. The van der Waals surface area contributed by atoms with Crippen LogP contribution in [0, 0.1) is 11.3 Å². The van der Waals surface area contributed by atoms with E-state index in [1.165, 1.54) is 4.57 Å². The van der Waals surface area contributed by atoms with Gasteiger partial charge >= 0.3 is 5.76 Å². The highest BCUT2D eigenvalue weighted by atomic mass is 32.2. The van der Waals surface area contributed by atoms with Crippen molar-refractivity contribution in [1.82, 2.24) is 15.2 Å². The molecule has 1 amide bonds. The summed E-state index contributed by atoms with van der Waals surface area (Å²) in [5.74, 6) is -1.17. The Morgan fingerprint density at radius 3 is 2.69 bits per heavy atom. The largest absolute Gasteiger partial charge is 0.419 e. The molecule has 0 saturated carbocycles. The molecule has 1 fully saturated rings. The molecule has 1 aromatic heterocycles. The molecule has 2 atom stereocenters. The Balaban J connectivity index is 1.44. The molecular formula is C22H22N4O5S. The number of amides is 1. The van der Waals surface area contributed by atoms with Crippen molar-refractivity contribution in [3.63, 3.8) is 0 Å². The summed E-state index contributed by atoms with van der Waals surface area (Å²) in [7, 11) is -1.61. The van der Waals surface area contributed by atoms with Crippen molar-refractivity contribution < 1.29 is 17.6 Å². The van der Waals surface area contributed by atoms with Crippen LogP contribution in [0.2, 0.25) is 0 Å². The predicted molar refractivity (Wildman–Crippen MR) is 119 cm³/mol. The van der Waals surface area contributed by atoms with Crippen LogP contribution in [0.1, 0.15) is 5.56 Å². The summed E-state index contributed by atoms with van der Waals surface area (Å²) < 4.78 is 30.1. The van der Waals surface area contributed by atoms with Gasteiger partial charge in [-0.05, 0) is 28.8 Å². The molecule has 0 bridgehead atoms. The van der Waals surface area contributed by atoms with E-state index in [1.807, 2.05) is 36.4 Å². The van der Waals surface area contributed by atoms with Gasteiger partial charge in [0.15, 0.2) is 15.4 Å². The van der Waals surface area contributed by atoms with E-state index < -0.39 is 33.6 Å². The number of nitriles is 1. The van der Waals surface area contributed by atoms with Gasteiger partial charge in [0.1, 0.15) is 12.1 Å². The third-order valence-corrected chi connectivity index (χ3v) is 7.20. The van der Waals surface area contributed by atoms with Crippen LogP contribution in [0.25, 0.3) is 22.2 Å². The van der Waals surface area contributed by atoms with Crippen LogP contribution >= 0.6 is 0 Å². The van der Waals surface area contributed by atoms with E-state index in [1.54, 1.807) is 13.1 Å². The third-order valence-electron chi connectivity index (χ3n) is 5.53. The zero-order valence-corrected chi connectivity index (χ0v) is 18.2. The summed E-state index contributed by atoms with van der Waals surface area (Å²) in [6, 6.07) is 13.5. The van der Waals surface area contributed by atoms with Crippen LogP contribution in [0.3, 0.4) is 0 Å². The number of aromatic nitrogens is 1. The summed E-state index contributed by atoms with van der Waals surface area (Å²) in [5, 5.41) is 15.0. The average Bonchev–Trinajstić information content (AvgIpc) is 3.06. The molecule has 4 rings (SSSR count). The maximum absolute atomic E-state index is 12.4. The highest BCUT2D eigenvalue weighted by Gasteiger charge is 2.30. The number of rotatable bonds is 5. The molecule has 1 aliphatic rings. The van der Waals surface area contributed by atoms with Crippen molar-refractivity contribution in [2.75, 3.05) is 18.1 Å². The van der Waals surface area contributed by atoms with E-state index in [-0.39, 0.29) is 24.5 Å². The van der Waals surface area contributed by atoms with Gasteiger partial charge in [-0.25, -0.2) is 13.2 Å². The summed E-state index contributed by atoms with van der Waals surface area (Å²) in [4.78, 5) is 24.1. The number of benzene rings is 2. The number of nitrogens with one attached hydrogen (secondary N) is 2. The Hall–Kier alpha value is -3.42. The Bertz CT molecular complexity index is 1370. The van der Waals surface area contributed by atoms with Gasteiger partial charge in [0.2, 0.25) is 5.91 Å². The number of nitrogens with zero attached hydrogens (tertiary/aromatic N) is 2. The van der Waals surface area contributed by atoms with Crippen molar-refractivity contribution in [3.05, 3.63) is 58.6 Å². The van der Waals surface area contributed by atoms with E-state index in [2.05, 4.69) is 16.7 Å². The zero-order chi connectivity index (χ0) is 22.9. The minimum Gasteiger partial charge on any atom is -0.408 e. The highest BCUT2D eigenvalue weighted by molar-refractivity contribution is 7.91. The first-order chi connectivity index (χ1) is 15.3. The summed E-state index contributed by atoms with van der Waals surface area (Å²) in [6.45, 7) is 0.220. The Labute approximate surface area is 184 Å². The first-order valence-corrected chi connectivity index (χ1v) is 11.9. The molecule has 10 heteroatoms. The van der Waals surface area contributed by atoms with Crippen LogP contribution in [0.5, 0.6) is 0 Å². The number of carbonyl (C=O) groups excluding carboxylic acids is 1. The van der Waals surface area contributed by atoms with Gasteiger partial charge < -0.3 is 15.1 Å². The molecule has 0 aliphatic carbocycles. The number of aryl methyl sites for hydroxylation is 1. The second-order valence-corrected chi connectivity index (χ2v) is 10.1. The number of hydrogen-bond donors (Lipinski definition) is 2. The molecule has 3 aromatic rings. The van der Waals surface area contributed by atoms with Crippen molar-refractivity contribution in [2.24, 2.45) is 7.05 Å². The molecule has 0 radical (unpaired) electrons. The van der Waals surface area contributed by atoms with Gasteiger partial charge in [0.05, 0.1) is 23.1 Å². The van der Waals surface area contributed by atoms with Gasteiger partial charge in [0.25, 0.3) is 0 Å². The van der Waals surface area contributed by atoms with Gasteiger partial charge in [-0.2, -0.15) is 5.26 Å². The Morgan fingerprint density at radius 2 is 2.00 bits per heavy atom. The number of carbonyl (C=O) groups is 1. The fraction of sp³-hybridized carbons (Fsp3) is 0.318. The van der Waals surface area contributed by atoms with Gasteiger partial charge in [-0.1, -0.05) is 30.3 Å². The second-order valence-electron chi connectivity index (χ2n) is 7.82. The SMILES string of the molecule is Cn1c(=O)oc2ccc(-c3ccc(C[C@@H](C#N)NC(=O)C4CS(=O)(=O)CCN4)cc3)cc21. The van der Waals surface area contributed by atoms with Crippen molar-refractivity contribution in [2.45, 2.75) is 18.5 Å². The van der Waals surface area contributed by atoms with Crippen LogP contribution in [-0.2, 0) is 28.1 Å². The Kier molecular flexibility index (Phi) is 5.86. The van der Waals surface area contributed by atoms with Crippen molar-refractivity contribution >= 4 is 26.8 Å². The molecule has 2 aromatic carbocycles. The molecule has 32 heavy (non-hydrogen) atoms. The van der Waals surface area contributed by atoms with E-state index >= 15 is 0 Å². The summed E-state index contributed by atoms with van der Waals surface area (Å²) in [6.07, 6.45) is 0.289. The first-order valence-electron chi connectivity index (χ1n) is 10.1. The van der Waals surface area contributed by atoms with Gasteiger partial charge in [-0.15, -0.1) is 0 Å². The smallest absolute Gasteiger partial charge is 0.408 e. The number of hydrogen-bond acceptors (Lipinski definition) is 7. The lowest BCUT2D eigenvalue weighted by Gasteiger charge is -2.24. The maximum Gasteiger partial charge on any atom is 0.419 e.